The molecule has 0 N–H and O–H groups in total. The number of pyridine rings is 1. The average Bonchev–Trinajstić information content (AvgIpc) is 2.93. The average molecular weight is 303 g/mol. The van der Waals surface area contributed by atoms with Crippen LogP contribution in [-0.4, -0.2) is 46.1 Å². The van der Waals surface area contributed by atoms with Gasteiger partial charge in [-0.3, -0.25) is 15.0 Å². The summed E-state index contributed by atoms with van der Waals surface area (Å²) in [5.74, 6) is 1.60. The maximum Gasteiger partial charge on any atom is 0.287 e. The smallest absolute Gasteiger partial charge is 0.287 e. The predicted octanol–water partition coefficient (Wildman–Crippen LogP) is 1.61. The van der Waals surface area contributed by atoms with E-state index in [9.17, 15) is 10.1 Å². The highest BCUT2D eigenvalue weighted by Crippen LogP contribution is 2.18. The summed E-state index contributed by atoms with van der Waals surface area (Å²) in [7, 11) is 0. The van der Waals surface area contributed by atoms with Crippen LogP contribution in [0.3, 0.4) is 0 Å². The highest BCUT2D eigenvalue weighted by atomic mass is 16.6. The van der Waals surface area contributed by atoms with Crippen molar-refractivity contribution in [3.05, 3.63) is 46.0 Å². The second-order valence-electron chi connectivity index (χ2n) is 5.32. The van der Waals surface area contributed by atoms with Gasteiger partial charge in [0.1, 0.15) is 17.8 Å². The molecule has 8 nitrogen and oxygen atoms in total. The number of nitro groups is 1. The zero-order valence-electron chi connectivity index (χ0n) is 12.3. The van der Waals surface area contributed by atoms with E-state index in [-0.39, 0.29) is 5.69 Å². The minimum atomic E-state index is -0.436. The van der Waals surface area contributed by atoms with Gasteiger partial charge in [-0.25, -0.2) is 4.98 Å². The number of rotatable bonds is 4. The molecule has 8 heteroatoms. The van der Waals surface area contributed by atoms with Crippen LogP contribution in [0.25, 0.3) is 0 Å². The van der Waals surface area contributed by atoms with Crippen molar-refractivity contribution in [1.82, 2.24) is 15.0 Å². The van der Waals surface area contributed by atoms with Gasteiger partial charge in [-0.15, -0.1) is 0 Å². The van der Waals surface area contributed by atoms with Crippen LogP contribution >= 0.6 is 0 Å². The van der Waals surface area contributed by atoms with Crippen LogP contribution in [0.5, 0.6) is 0 Å². The number of aryl methyl sites for hydroxylation is 1. The monoisotopic (exact) mass is 303 g/mol. The van der Waals surface area contributed by atoms with E-state index in [0.717, 1.165) is 50.0 Å². The number of anilines is 1. The predicted molar refractivity (Wildman–Crippen MR) is 79.6 cm³/mol. The van der Waals surface area contributed by atoms with E-state index in [1.807, 2.05) is 13.0 Å². The van der Waals surface area contributed by atoms with Crippen molar-refractivity contribution in [3.63, 3.8) is 0 Å². The topological polar surface area (TPSA) is 88.5 Å². The Balaban J connectivity index is 1.56. The lowest BCUT2D eigenvalue weighted by molar-refractivity contribution is -0.385. The summed E-state index contributed by atoms with van der Waals surface area (Å²) < 4.78 is 5.07. The standard InChI is InChI=1S/C14H17N5O3/c1-11-8-12(16-22-11)10-17-4-6-18(7-5-17)14-3-2-13(9-15-14)19(20)21/h2-3,8-9H,4-7,10H2,1H3. The van der Waals surface area contributed by atoms with Crippen LogP contribution in [0.2, 0.25) is 0 Å². The fourth-order valence-electron chi connectivity index (χ4n) is 2.53. The largest absolute Gasteiger partial charge is 0.361 e. The molecule has 1 fully saturated rings. The van der Waals surface area contributed by atoms with Gasteiger partial charge in [0.05, 0.1) is 10.6 Å². The summed E-state index contributed by atoms with van der Waals surface area (Å²) in [6.45, 7) is 6.12. The Morgan fingerprint density at radius 2 is 2.09 bits per heavy atom. The third-order valence-corrected chi connectivity index (χ3v) is 3.70. The van der Waals surface area contributed by atoms with Gasteiger partial charge in [-0.2, -0.15) is 0 Å². The molecular weight excluding hydrogens is 286 g/mol. The Morgan fingerprint density at radius 3 is 2.64 bits per heavy atom. The molecule has 1 aliphatic rings. The first-order valence-corrected chi connectivity index (χ1v) is 7.12. The van der Waals surface area contributed by atoms with Crippen molar-refractivity contribution in [2.45, 2.75) is 13.5 Å². The van der Waals surface area contributed by atoms with Crippen molar-refractivity contribution in [1.29, 1.82) is 0 Å². The summed E-state index contributed by atoms with van der Waals surface area (Å²) in [6.07, 6.45) is 1.31. The molecule has 0 aliphatic carbocycles. The Kier molecular flexibility index (Phi) is 4.01. The van der Waals surface area contributed by atoms with Gasteiger partial charge in [-0.05, 0) is 13.0 Å². The molecule has 2 aromatic rings. The third kappa shape index (κ3) is 3.22. The number of piperazine rings is 1. The van der Waals surface area contributed by atoms with Crippen molar-refractivity contribution in [3.8, 4) is 0 Å². The Morgan fingerprint density at radius 1 is 1.32 bits per heavy atom. The molecular formula is C14H17N5O3. The number of hydrogen-bond acceptors (Lipinski definition) is 7. The molecule has 0 atom stereocenters. The lowest BCUT2D eigenvalue weighted by Gasteiger charge is -2.34. The molecule has 0 bridgehead atoms. The van der Waals surface area contributed by atoms with Crippen molar-refractivity contribution in [2.24, 2.45) is 0 Å². The Bertz CT molecular complexity index is 647. The van der Waals surface area contributed by atoms with Crippen LogP contribution in [0, 0.1) is 17.0 Å². The van der Waals surface area contributed by atoms with Gasteiger partial charge in [0.15, 0.2) is 0 Å². The molecule has 0 saturated carbocycles. The molecule has 116 valence electrons. The fourth-order valence-corrected chi connectivity index (χ4v) is 2.53. The quantitative estimate of drug-likeness (QED) is 0.626. The van der Waals surface area contributed by atoms with Gasteiger partial charge in [0.25, 0.3) is 5.69 Å². The number of hydrogen-bond donors (Lipinski definition) is 0. The first kappa shape index (κ1) is 14.5. The second kappa shape index (κ2) is 6.10. The number of aromatic nitrogens is 2. The molecule has 0 unspecified atom stereocenters. The van der Waals surface area contributed by atoms with Crippen molar-refractivity contribution < 1.29 is 9.45 Å². The molecule has 3 heterocycles. The lowest BCUT2D eigenvalue weighted by atomic mass is 10.2. The van der Waals surface area contributed by atoms with E-state index in [4.69, 9.17) is 4.52 Å². The van der Waals surface area contributed by atoms with E-state index in [2.05, 4.69) is 19.9 Å². The molecule has 1 saturated heterocycles. The molecule has 0 radical (unpaired) electrons. The zero-order chi connectivity index (χ0) is 15.5. The maximum absolute atomic E-state index is 10.6. The summed E-state index contributed by atoms with van der Waals surface area (Å²) in [5.41, 5.74) is 0.961. The van der Waals surface area contributed by atoms with Crippen LogP contribution in [-0.2, 0) is 6.54 Å². The first-order chi connectivity index (χ1) is 10.6. The second-order valence-corrected chi connectivity index (χ2v) is 5.32. The van der Waals surface area contributed by atoms with E-state index in [1.54, 1.807) is 6.07 Å². The molecule has 2 aromatic heterocycles. The summed E-state index contributed by atoms with van der Waals surface area (Å²) in [5, 5.41) is 14.6. The number of nitrogens with zero attached hydrogens (tertiary/aromatic N) is 5. The van der Waals surface area contributed by atoms with E-state index in [1.165, 1.54) is 12.3 Å². The SMILES string of the molecule is Cc1cc(CN2CCN(c3ccc([N+](=O)[O-])cn3)CC2)no1. The van der Waals surface area contributed by atoms with Crippen molar-refractivity contribution >= 4 is 11.5 Å². The van der Waals surface area contributed by atoms with Crippen LogP contribution in [0.1, 0.15) is 11.5 Å². The van der Waals surface area contributed by atoms with Gasteiger partial charge in [-0.1, -0.05) is 5.16 Å². The molecule has 22 heavy (non-hydrogen) atoms. The Labute approximate surface area is 127 Å². The zero-order valence-corrected chi connectivity index (χ0v) is 12.3. The molecule has 0 amide bonds. The first-order valence-electron chi connectivity index (χ1n) is 7.12. The maximum atomic E-state index is 10.6. The minimum absolute atomic E-state index is 0.0174. The molecule has 0 spiro atoms. The highest BCUT2D eigenvalue weighted by Gasteiger charge is 2.19. The summed E-state index contributed by atoms with van der Waals surface area (Å²) >= 11 is 0. The van der Waals surface area contributed by atoms with E-state index >= 15 is 0 Å². The van der Waals surface area contributed by atoms with Gasteiger partial charge in [0, 0.05) is 44.9 Å². The van der Waals surface area contributed by atoms with Gasteiger partial charge < -0.3 is 9.42 Å². The summed E-state index contributed by atoms with van der Waals surface area (Å²) in [6, 6.07) is 5.14. The molecule has 0 aromatic carbocycles. The molecule has 3 rings (SSSR count). The van der Waals surface area contributed by atoms with Gasteiger partial charge in [0.2, 0.25) is 0 Å². The summed E-state index contributed by atoms with van der Waals surface area (Å²) in [4.78, 5) is 18.8. The van der Waals surface area contributed by atoms with Gasteiger partial charge >= 0.3 is 0 Å². The lowest BCUT2D eigenvalue weighted by Crippen LogP contribution is -2.46. The van der Waals surface area contributed by atoms with Crippen LogP contribution in [0.15, 0.2) is 28.9 Å². The van der Waals surface area contributed by atoms with Crippen LogP contribution < -0.4 is 4.90 Å². The third-order valence-electron chi connectivity index (χ3n) is 3.70. The minimum Gasteiger partial charge on any atom is -0.361 e. The van der Waals surface area contributed by atoms with E-state index in [0.29, 0.717) is 0 Å². The van der Waals surface area contributed by atoms with E-state index < -0.39 is 4.92 Å². The normalized spacial score (nSPS) is 16.0. The Hall–Kier alpha value is -2.48. The highest BCUT2D eigenvalue weighted by molar-refractivity contribution is 5.43. The van der Waals surface area contributed by atoms with Crippen LogP contribution in [0.4, 0.5) is 11.5 Å². The molecule has 1 aliphatic heterocycles. The van der Waals surface area contributed by atoms with Crippen molar-refractivity contribution in [2.75, 3.05) is 31.1 Å². The fraction of sp³-hybridized carbons (Fsp3) is 0.429.